The van der Waals surface area contributed by atoms with E-state index in [4.69, 9.17) is 4.74 Å². The molecular formula is C25H30N6O2. The van der Waals surface area contributed by atoms with Gasteiger partial charge in [0.25, 0.3) is 5.91 Å². The Morgan fingerprint density at radius 2 is 1.94 bits per heavy atom. The number of benzene rings is 2. The molecule has 1 unspecified atom stereocenters. The van der Waals surface area contributed by atoms with Crippen LogP contribution in [-0.4, -0.2) is 56.1 Å². The number of ether oxygens (including phenoxy) is 1. The van der Waals surface area contributed by atoms with Gasteiger partial charge in [-0.15, -0.1) is 0 Å². The number of aromatic nitrogens is 2. The molecule has 2 aromatic carbocycles. The van der Waals surface area contributed by atoms with Gasteiger partial charge in [0.05, 0.1) is 0 Å². The summed E-state index contributed by atoms with van der Waals surface area (Å²) < 4.78 is 6.33. The molecule has 0 saturated heterocycles. The Bertz CT molecular complexity index is 1090. The molecule has 8 nitrogen and oxygen atoms in total. The first-order valence-corrected chi connectivity index (χ1v) is 11.2. The van der Waals surface area contributed by atoms with Gasteiger partial charge in [0.15, 0.2) is 0 Å². The number of amides is 1. The monoisotopic (exact) mass is 446 g/mol. The molecule has 2 N–H and O–H groups in total. The molecule has 1 amide bonds. The summed E-state index contributed by atoms with van der Waals surface area (Å²) in [6.07, 6.45) is 1.46. The van der Waals surface area contributed by atoms with Crippen molar-refractivity contribution in [2.45, 2.75) is 13.0 Å². The van der Waals surface area contributed by atoms with E-state index < -0.39 is 0 Å². The molecule has 3 aromatic rings. The molecule has 1 aliphatic heterocycles. The van der Waals surface area contributed by atoms with Crippen molar-refractivity contribution in [3.05, 3.63) is 71.9 Å². The van der Waals surface area contributed by atoms with E-state index in [-0.39, 0.29) is 12.0 Å². The average Bonchev–Trinajstić information content (AvgIpc) is 2.96. The quantitative estimate of drug-likeness (QED) is 0.549. The number of likely N-dealkylation sites (N-methyl/N-ethyl adjacent to an activating group) is 2. The van der Waals surface area contributed by atoms with Crippen LogP contribution in [0.3, 0.4) is 0 Å². The minimum atomic E-state index is -0.143. The number of carbonyl (C=O) groups excluding carboxylic acids is 1. The molecule has 0 radical (unpaired) electrons. The lowest BCUT2D eigenvalue weighted by Crippen LogP contribution is -2.33. The number of rotatable bonds is 8. The highest BCUT2D eigenvalue weighted by molar-refractivity contribution is 6.09. The predicted octanol–water partition coefficient (Wildman–Crippen LogP) is 3.34. The maximum atomic E-state index is 13.5. The van der Waals surface area contributed by atoms with Crippen LogP contribution in [-0.2, 0) is 0 Å². The Hall–Kier alpha value is -3.65. The number of anilines is 3. The van der Waals surface area contributed by atoms with Crippen molar-refractivity contribution < 1.29 is 9.53 Å². The molecule has 0 spiro atoms. The first-order valence-electron chi connectivity index (χ1n) is 11.2. The molecule has 2 heterocycles. The normalized spacial score (nSPS) is 14.5. The molecule has 8 heteroatoms. The molecule has 0 fully saturated rings. The zero-order valence-corrected chi connectivity index (χ0v) is 19.3. The Labute approximate surface area is 194 Å². The third-order valence-electron chi connectivity index (χ3n) is 5.57. The third kappa shape index (κ3) is 5.06. The molecule has 172 valence electrons. The van der Waals surface area contributed by atoms with Crippen molar-refractivity contribution in [3.63, 3.8) is 0 Å². The summed E-state index contributed by atoms with van der Waals surface area (Å²) in [6, 6.07) is 17.8. The lowest BCUT2D eigenvalue weighted by Gasteiger charge is -2.23. The first-order chi connectivity index (χ1) is 16.1. The fraction of sp³-hybridized carbons (Fsp3) is 0.320. The van der Waals surface area contributed by atoms with Gasteiger partial charge in [-0.05, 0) is 31.7 Å². The SMILES string of the molecule is CCNc1ncc2c(n1)N(C)CCN(c1cccc(OC(CNC)c3ccccc3)c1)C2=O. The van der Waals surface area contributed by atoms with Gasteiger partial charge in [-0.2, -0.15) is 4.98 Å². The van der Waals surface area contributed by atoms with E-state index in [1.807, 2.05) is 68.4 Å². The summed E-state index contributed by atoms with van der Waals surface area (Å²) >= 11 is 0. The highest BCUT2D eigenvalue weighted by Gasteiger charge is 2.28. The summed E-state index contributed by atoms with van der Waals surface area (Å²) in [6.45, 7) is 4.55. The smallest absolute Gasteiger partial charge is 0.263 e. The van der Waals surface area contributed by atoms with E-state index in [1.54, 1.807) is 11.1 Å². The standard InChI is InChI=1S/C25H30N6O2/c1-4-27-25-28-16-21-23(29-25)30(3)13-14-31(24(21)32)19-11-8-12-20(15-19)33-22(17-26-2)18-9-6-5-7-10-18/h5-12,15-16,22,26H,4,13-14,17H2,1-3H3,(H,27,28,29). The van der Waals surface area contributed by atoms with Gasteiger partial charge < -0.3 is 25.2 Å². The molecule has 1 aromatic heterocycles. The summed E-state index contributed by atoms with van der Waals surface area (Å²) in [5, 5.41) is 6.31. The third-order valence-corrected chi connectivity index (χ3v) is 5.57. The van der Waals surface area contributed by atoms with Crippen molar-refractivity contribution in [2.24, 2.45) is 0 Å². The van der Waals surface area contributed by atoms with Gasteiger partial charge in [-0.1, -0.05) is 36.4 Å². The van der Waals surface area contributed by atoms with Crippen LogP contribution in [0.2, 0.25) is 0 Å². The molecule has 0 saturated carbocycles. The van der Waals surface area contributed by atoms with Gasteiger partial charge >= 0.3 is 0 Å². The lowest BCUT2D eigenvalue weighted by molar-refractivity contribution is 0.0989. The predicted molar refractivity (Wildman–Crippen MR) is 131 cm³/mol. The maximum absolute atomic E-state index is 13.5. The topological polar surface area (TPSA) is 82.6 Å². The Morgan fingerprint density at radius 3 is 2.70 bits per heavy atom. The Kier molecular flexibility index (Phi) is 7.04. The Balaban J connectivity index is 1.60. The van der Waals surface area contributed by atoms with Crippen molar-refractivity contribution in [1.82, 2.24) is 15.3 Å². The molecule has 4 rings (SSSR count). The van der Waals surface area contributed by atoms with Crippen LogP contribution in [0.1, 0.15) is 28.9 Å². The average molecular weight is 447 g/mol. The molecule has 33 heavy (non-hydrogen) atoms. The highest BCUT2D eigenvalue weighted by atomic mass is 16.5. The van der Waals surface area contributed by atoms with Crippen molar-refractivity contribution in [3.8, 4) is 5.75 Å². The van der Waals surface area contributed by atoms with Crippen LogP contribution in [0.15, 0.2) is 60.8 Å². The Morgan fingerprint density at radius 1 is 1.12 bits per heavy atom. The highest BCUT2D eigenvalue weighted by Crippen LogP contribution is 2.30. The molecule has 0 aliphatic carbocycles. The van der Waals surface area contributed by atoms with E-state index in [2.05, 4.69) is 32.7 Å². The first kappa shape index (κ1) is 22.5. The van der Waals surface area contributed by atoms with Crippen LogP contribution in [0.5, 0.6) is 5.75 Å². The fourth-order valence-electron chi connectivity index (χ4n) is 3.88. The van der Waals surface area contributed by atoms with E-state index in [9.17, 15) is 4.79 Å². The maximum Gasteiger partial charge on any atom is 0.263 e. The molecular weight excluding hydrogens is 416 g/mol. The number of hydrogen-bond donors (Lipinski definition) is 2. The second-order valence-electron chi connectivity index (χ2n) is 7.91. The van der Waals surface area contributed by atoms with E-state index in [0.29, 0.717) is 49.3 Å². The molecule has 0 bridgehead atoms. The van der Waals surface area contributed by atoms with Crippen LogP contribution < -0.4 is 25.2 Å². The summed E-state index contributed by atoms with van der Waals surface area (Å²) in [5.41, 5.74) is 2.36. The van der Waals surface area contributed by atoms with E-state index in [1.165, 1.54) is 0 Å². The van der Waals surface area contributed by atoms with Crippen LogP contribution in [0.4, 0.5) is 17.5 Å². The second kappa shape index (κ2) is 10.3. The molecule has 1 atom stereocenters. The van der Waals surface area contributed by atoms with Crippen molar-refractivity contribution in [2.75, 3.05) is 55.4 Å². The fourth-order valence-corrected chi connectivity index (χ4v) is 3.88. The van der Waals surface area contributed by atoms with Gasteiger partial charge in [0.2, 0.25) is 5.95 Å². The number of nitrogens with one attached hydrogen (secondary N) is 2. The number of nitrogens with zero attached hydrogens (tertiary/aromatic N) is 4. The summed E-state index contributed by atoms with van der Waals surface area (Å²) in [5.74, 6) is 1.75. The largest absolute Gasteiger partial charge is 0.484 e. The van der Waals surface area contributed by atoms with Gasteiger partial charge in [-0.25, -0.2) is 4.98 Å². The minimum Gasteiger partial charge on any atom is -0.484 e. The number of carbonyl (C=O) groups is 1. The van der Waals surface area contributed by atoms with Gasteiger partial charge in [-0.3, -0.25) is 4.79 Å². The van der Waals surface area contributed by atoms with Gasteiger partial charge in [0, 0.05) is 51.2 Å². The second-order valence-corrected chi connectivity index (χ2v) is 7.91. The van der Waals surface area contributed by atoms with Crippen LogP contribution in [0.25, 0.3) is 0 Å². The number of fused-ring (bicyclic) bond motifs is 1. The van der Waals surface area contributed by atoms with Crippen LogP contribution in [0, 0.1) is 0 Å². The number of hydrogen-bond acceptors (Lipinski definition) is 7. The van der Waals surface area contributed by atoms with E-state index >= 15 is 0 Å². The molecule has 1 aliphatic rings. The van der Waals surface area contributed by atoms with Gasteiger partial charge in [0.1, 0.15) is 23.2 Å². The van der Waals surface area contributed by atoms with Crippen LogP contribution >= 0.6 is 0 Å². The zero-order valence-electron chi connectivity index (χ0n) is 19.3. The van der Waals surface area contributed by atoms with Crippen molar-refractivity contribution >= 4 is 23.4 Å². The summed E-state index contributed by atoms with van der Waals surface area (Å²) in [7, 11) is 3.85. The van der Waals surface area contributed by atoms with Crippen molar-refractivity contribution in [1.29, 1.82) is 0 Å². The zero-order chi connectivity index (χ0) is 23.2. The van der Waals surface area contributed by atoms with E-state index in [0.717, 1.165) is 11.3 Å². The minimum absolute atomic E-state index is 0.121. The lowest BCUT2D eigenvalue weighted by atomic mass is 10.1. The summed E-state index contributed by atoms with van der Waals surface area (Å²) in [4.78, 5) is 26.1.